The van der Waals surface area contributed by atoms with Gasteiger partial charge in [0.05, 0.1) is 6.04 Å². The van der Waals surface area contributed by atoms with Gasteiger partial charge in [-0.3, -0.25) is 0 Å². The molecule has 0 bridgehead atoms. The van der Waals surface area contributed by atoms with Gasteiger partial charge in [-0.1, -0.05) is 37.3 Å². The minimum atomic E-state index is -1.07. The Labute approximate surface area is 172 Å². The van der Waals surface area contributed by atoms with Crippen molar-refractivity contribution in [1.82, 2.24) is 9.62 Å². The first-order valence-electron chi connectivity index (χ1n) is 10.3. The van der Waals surface area contributed by atoms with E-state index in [1.165, 1.54) is 0 Å². The summed E-state index contributed by atoms with van der Waals surface area (Å²) in [5, 5.41) is 0. The third-order valence-corrected chi connectivity index (χ3v) is 7.77. The molecule has 1 saturated heterocycles. The van der Waals surface area contributed by atoms with E-state index in [1.807, 2.05) is 56.0 Å². The van der Waals surface area contributed by atoms with Gasteiger partial charge in [0.2, 0.25) is 0 Å². The Morgan fingerprint density at radius 1 is 1.29 bits per heavy atom. The topological polar surface area (TPSA) is 64.6 Å². The van der Waals surface area contributed by atoms with Crippen LogP contribution in [0.2, 0.25) is 0 Å². The number of nitrogens with one attached hydrogen (secondary N) is 1. The van der Waals surface area contributed by atoms with Gasteiger partial charge < -0.3 is 14.2 Å². The van der Waals surface area contributed by atoms with Gasteiger partial charge >= 0.3 is 6.09 Å². The first kappa shape index (κ1) is 21.5. The van der Waals surface area contributed by atoms with Crippen LogP contribution in [-0.4, -0.2) is 39.4 Å². The predicted molar refractivity (Wildman–Crippen MR) is 113 cm³/mol. The molecule has 5 nitrogen and oxygen atoms in total. The minimum absolute atomic E-state index is 0.135. The maximum atomic E-state index is 12.7. The summed E-state index contributed by atoms with van der Waals surface area (Å²) >= 11 is -1.07. The van der Waals surface area contributed by atoms with Crippen LogP contribution < -0.4 is 4.72 Å². The van der Waals surface area contributed by atoms with Crippen molar-refractivity contribution in [2.75, 3.05) is 13.1 Å². The maximum absolute atomic E-state index is 12.7. The zero-order chi connectivity index (χ0) is 20.4. The van der Waals surface area contributed by atoms with Gasteiger partial charge in [-0.15, -0.1) is 4.72 Å². The van der Waals surface area contributed by atoms with Crippen molar-refractivity contribution in [1.29, 1.82) is 0 Å². The summed E-state index contributed by atoms with van der Waals surface area (Å²) in [6, 6.07) is 10.0. The number of benzene rings is 1. The molecule has 6 heteroatoms. The summed E-state index contributed by atoms with van der Waals surface area (Å²) in [7, 11) is 0. The van der Waals surface area contributed by atoms with Crippen LogP contribution in [0.3, 0.4) is 0 Å². The normalized spacial score (nSPS) is 25.7. The van der Waals surface area contributed by atoms with E-state index in [2.05, 4.69) is 11.6 Å². The molecule has 1 amide bonds. The molecule has 1 saturated carbocycles. The maximum Gasteiger partial charge on any atom is 0.410 e. The highest BCUT2D eigenvalue weighted by Gasteiger charge is 2.50. The smallest absolute Gasteiger partial charge is 0.410 e. The summed E-state index contributed by atoms with van der Waals surface area (Å²) in [6.07, 6.45) is 3.85. The van der Waals surface area contributed by atoms with Crippen molar-refractivity contribution in [3.05, 3.63) is 35.9 Å². The molecule has 2 aliphatic rings. The van der Waals surface area contributed by atoms with E-state index in [-0.39, 0.29) is 22.3 Å². The lowest BCUT2D eigenvalue weighted by atomic mass is 9.74. The van der Waals surface area contributed by atoms with Crippen LogP contribution >= 0.6 is 0 Å². The SMILES string of the molecule is C[C@@H]1C[C@@H](N[S+]([O-])C(C)(C)C)C2(CCN(C(=O)OCc3ccccc3)CC2)C1. The molecule has 0 aromatic heterocycles. The monoisotopic (exact) mass is 406 g/mol. The van der Waals surface area contributed by atoms with Crippen molar-refractivity contribution in [2.24, 2.45) is 11.3 Å². The fourth-order valence-corrected chi connectivity index (χ4v) is 5.51. The number of hydrogen-bond donors (Lipinski definition) is 1. The standard InChI is InChI=1S/C22H34N2O3S/c1-17-14-19(23-28(26)21(2,3)4)22(15-17)10-12-24(13-11-22)20(25)27-16-18-8-6-5-7-9-18/h5-9,17,19,23H,10-16H2,1-4H3/t17-,19-,28?/m1/s1. The van der Waals surface area contributed by atoms with Crippen LogP contribution in [0.4, 0.5) is 4.79 Å². The third-order valence-electron chi connectivity index (χ3n) is 6.16. The lowest BCUT2D eigenvalue weighted by Crippen LogP contribution is -2.53. The lowest BCUT2D eigenvalue weighted by Gasteiger charge is -2.43. The predicted octanol–water partition coefficient (Wildman–Crippen LogP) is 4.26. The minimum Gasteiger partial charge on any atom is -0.598 e. The van der Waals surface area contributed by atoms with E-state index in [1.54, 1.807) is 0 Å². The number of rotatable bonds is 4. The van der Waals surface area contributed by atoms with Crippen LogP contribution in [0.1, 0.15) is 58.9 Å². The first-order chi connectivity index (χ1) is 13.2. The van der Waals surface area contributed by atoms with Gasteiger partial charge in [0.25, 0.3) is 0 Å². The molecule has 3 atom stereocenters. The molecule has 28 heavy (non-hydrogen) atoms. The van der Waals surface area contributed by atoms with Gasteiger partial charge in [-0.25, -0.2) is 4.79 Å². The van der Waals surface area contributed by atoms with Crippen LogP contribution in [0.25, 0.3) is 0 Å². The second-order valence-electron chi connectivity index (χ2n) is 9.49. The van der Waals surface area contributed by atoms with Crippen molar-refractivity contribution in [3.63, 3.8) is 0 Å². The molecular formula is C22H34N2O3S. The molecule has 1 unspecified atom stereocenters. The fourth-order valence-electron chi connectivity index (χ4n) is 4.55. The van der Waals surface area contributed by atoms with Crippen LogP contribution in [0, 0.1) is 11.3 Å². The van der Waals surface area contributed by atoms with Crippen LogP contribution in [-0.2, 0) is 22.7 Å². The van der Waals surface area contributed by atoms with Crippen molar-refractivity contribution >= 4 is 17.5 Å². The number of likely N-dealkylation sites (tertiary alicyclic amines) is 1. The lowest BCUT2D eigenvalue weighted by molar-refractivity contribution is 0.0551. The quantitative estimate of drug-likeness (QED) is 0.759. The Kier molecular flexibility index (Phi) is 6.62. The van der Waals surface area contributed by atoms with E-state index in [0.29, 0.717) is 25.6 Å². The number of hydrogen-bond acceptors (Lipinski definition) is 4. The van der Waals surface area contributed by atoms with E-state index < -0.39 is 11.4 Å². The average Bonchev–Trinajstić information content (AvgIpc) is 2.95. The molecule has 156 valence electrons. The Morgan fingerprint density at radius 3 is 2.54 bits per heavy atom. The van der Waals surface area contributed by atoms with E-state index in [0.717, 1.165) is 31.2 Å². The number of carbonyl (C=O) groups is 1. The molecule has 0 radical (unpaired) electrons. The Bertz CT molecular complexity index is 653. The molecule has 3 rings (SSSR count). The Morgan fingerprint density at radius 2 is 1.93 bits per heavy atom. The number of carbonyl (C=O) groups excluding carboxylic acids is 1. The Balaban J connectivity index is 1.55. The summed E-state index contributed by atoms with van der Waals surface area (Å²) in [4.78, 5) is 14.3. The summed E-state index contributed by atoms with van der Waals surface area (Å²) in [5.41, 5.74) is 1.14. The average molecular weight is 407 g/mol. The van der Waals surface area contributed by atoms with Crippen LogP contribution in [0.5, 0.6) is 0 Å². The first-order valence-corrected chi connectivity index (χ1v) is 11.5. The number of ether oxygens (including phenoxy) is 1. The summed E-state index contributed by atoms with van der Waals surface area (Å²) in [5.74, 6) is 0.617. The van der Waals surface area contributed by atoms with Crippen molar-refractivity contribution < 1.29 is 14.1 Å². The summed E-state index contributed by atoms with van der Waals surface area (Å²) < 4.78 is 21.3. The van der Waals surface area contributed by atoms with E-state index >= 15 is 0 Å². The van der Waals surface area contributed by atoms with Crippen molar-refractivity contribution in [2.45, 2.75) is 70.8 Å². The van der Waals surface area contributed by atoms with Gasteiger partial charge in [-0.05, 0) is 63.4 Å². The molecular weight excluding hydrogens is 372 g/mol. The second-order valence-corrected chi connectivity index (χ2v) is 11.5. The molecule has 1 aromatic carbocycles. The molecule has 1 aliphatic heterocycles. The molecule has 1 N–H and O–H groups in total. The highest BCUT2D eigenvalue weighted by Crippen LogP contribution is 2.49. The van der Waals surface area contributed by atoms with Gasteiger partial charge in [0.1, 0.15) is 11.4 Å². The van der Waals surface area contributed by atoms with E-state index in [9.17, 15) is 9.35 Å². The number of piperidine rings is 1. The van der Waals surface area contributed by atoms with Gasteiger partial charge in [0.15, 0.2) is 0 Å². The van der Waals surface area contributed by atoms with Crippen LogP contribution in [0.15, 0.2) is 30.3 Å². The van der Waals surface area contributed by atoms with Gasteiger partial charge in [0, 0.05) is 24.5 Å². The number of nitrogens with zero attached hydrogens (tertiary/aromatic N) is 1. The molecule has 1 aromatic rings. The largest absolute Gasteiger partial charge is 0.598 e. The van der Waals surface area contributed by atoms with Gasteiger partial charge in [-0.2, -0.15) is 0 Å². The zero-order valence-corrected chi connectivity index (χ0v) is 18.4. The second kappa shape index (κ2) is 8.64. The molecule has 1 heterocycles. The van der Waals surface area contributed by atoms with Crippen molar-refractivity contribution in [3.8, 4) is 0 Å². The third kappa shape index (κ3) is 5.02. The zero-order valence-electron chi connectivity index (χ0n) is 17.6. The van der Waals surface area contributed by atoms with E-state index in [4.69, 9.17) is 4.74 Å². The highest BCUT2D eigenvalue weighted by atomic mass is 32.2. The molecule has 2 fully saturated rings. The summed E-state index contributed by atoms with van der Waals surface area (Å²) in [6.45, 7) is 10.0. The molecule has 1 spiro atoms. The fraction of sp³-hybridized carbons (Fsp3) is 0.682. The number of amides is 1. The highest BCUT2D eigenvalue weighted by molar-refractivity contribution is 7.90. The molecule has 1 aliphatic carbocycles. The Hall–Kier alpha value is -1.24.